The van der Waals surface area contributed by atoms with Crippen LogP contribution < -0.4 is 5.32 Å². The highest BCUT2D eigenvalue weighted by Crippen LogP contribution is 2.08. The topological polar surface area (TPSA) is 32.3 Å². The number of hydrogen-bond donors (Lipinski definition) is 1. The number of aryl methyl sites for hydroxylation is 1. The highest BCUT2D eigenvalue weighted by molar-refractivity contribution is 5.74. The number of rotatable bonds is 6. The van der Waals surface area contributed by atoms with Gasteiger partial charge in [-0.15, -0.1) is 0 Å². The molecule has 0 saturated heterocycles. The summed E-state index contributed by atoms with van der Waals surface area (Å²) in [4.78, 5) is 13.9. The summed E-state index contributed by atoms with van der Waals surface area (Å²) in [6, 6.07) is 14.5. The Balaban J connectivity index is 1.83. The maximum atomic E-state index is 13.2. The fourth-order valence-corrected chi connectivity index (χ4v) is 2.36. The molecule has 122 valence electrons. The minimum atomic E-state index is -0.279. The largest absolute Gasteiger partial charge is 0.338 e. The van der Waals surface area contributed by atoms with Crippen molar-refractivity contribution in [3.63, 3.8) is 0 Å². The molecule has 0 bridgehead atoms. The number of carbonyl (C=O) groups is 1. The quantitative estimate of drug-likeness (QED) is 0.861. The first kappa shape index (κ1) is 17.0. The van der Waals surface area contributed by atoms with E-state index < -0.39 is 0 Å². The monoisotopic (exact) mass is 314 g/mol. The van der Waals surface area contributed by atoms with Crippen LogP contribution in [-0.2, 0) is 13.0 Å². The van der Waals surface area contributed by atoms with Crippen LogP contribution in [0.25, 0.3) is 0 Å². The zero-order valence-corrected chi connectivity index (χ0v) is 13.7. The second kappa shape index (κ2) is 8.32. The van der Waals surface area contributed by atoms with Crippen molar-refractivity contribution in [2.75, 3.05) is 13.1 Å². The zero-order valence-electron chi connectivity index (χ0n) is 13.7. The first-order valence-corrected chi connectivity index (χ1v) is 7.91. The van der Waals surface area contributed by atoms with Crippen molar-refractivity contribution < 1.29 is 9.18 Å². The van der Waals surface area contributed by atoms with Crippen LogP contribution in [0.5, 0.6) is 0 Å². The number of amides is 2. The summed E-state index contributed by atoms with van der Waals surface area (Å²) in [6.45, 7) is 5.54. The molecule has 2 aromatic rings. The molecule has 0 aliphatic carbocycles. The molecule has 0 aromatic heterocycles. The third-order valence-corrected chi connectivity index (χ3v) is 3.74. The lowest BCUT2D eigenvalue weighted by molar-refractivity contribution is 0.198. The molecule has 0 fully saturated rings. The van der Waals surface area contributed by atoms with Crippen LogP contribution in [0.3, 0.4) is 0 Å². The van der Waals surface area contributed by atoms with E-state index in [1.165, 1.54) is 23.3 Å². The Labute approximate surface area is 137 Å². The second-order valence-electron chi connectivity index (χ2n) is 5.61. The van der Waals surface area contributed by atoms with Gasteiger partial charge in [-0.2, -0.15) is 0 Å². The highest BCUT2D eigenvalue weighted by Gasteiger charge is 2.11. The van der Waals surface area contributed by atoms with E-state index in [4.69, 9.17) is 0 Å². The summed E-state index contributed by atoms with van der Waals surface area (Å²) in [5.74, 6) is -0.279. The summed E-state index contributed by atoms with van der Waals surface area (Å²) in [6.07, 6.45) is 0.795. The summed E-state index contributed by atoms with van der Waals surface area (Å²) >= 11 is 0. The Hall–Kier alpha value is -2.36. The van der Waals surface area contributed by atoms with Crippen molar-refractivity contribution in [1.82, 2.24) is 10.2 Å². The van der Waals surface area contributed by atoms with Crippen LogP contribution in [0.15, 0.2) is 48.5 Å². The second-order valence-corrected chi connectivity index (χ2v) is 5.61. The average molecular weight is 314 g/mol. The van der Waals surface area contributed by atoms with Crippen molar-refractivity contribution >= 4 is 6.03 Å². The predicted octanol–water partition coefficient (Wildman–Crippen LogP) is 3.91. The van der Waals surface area contributed by atoms with Gasteiger partial charge >= 0.3 is 6.03 Å². The number of benzene rings is 2. The summed E-state index contributed by atoms with van der Waals surface area (Å²) < 4.78 is 13.2. The molecule has 0 atom stereocenters. The lowest BCUT2D eigenvalue weighted by Crippen LogP contribution is -2.40. The number of hydrogen-bond acceptors (Lipinski definition) is 1. The minimum absolute atomic E-state index is 0.121. The Morgan fingerprint density at radius 3 is 2.52 bits per heavy atom. The third kappa shape index (κ3) is 5.40. The smallest absolute Gasteiger partial charge is 0.317 e. The molecule has 0 radical (unpaired) electrons. The van der Waals surface area contributed by atoms with E-state index in [9.17, 15) is 9.18 Å². The van der Waals surface area contributed by atoms with Crippen LogP contribution >= 0.6 is 0 Å². The Bertz CT molecular complexity index is 640. The van der Waals surface area contributed by atoms with Crippen LogP contribution in [0.4, 0.5) is 9.18 Å². The van der Waals surface area contributed by atoms with E-state index in [0.29, 0.717) is 19.6 Å². The number of nitrogens with one attached hydrogen (secondary N) is 1. The molecule has 2 aromatic carbocycles. The van der Waals surface area contributed by atoms with Gasteiger partial charge in [0.25, 0.3) is 0 Å². The van der Waals surface area contributed by atoms with E-state index in [1.807, 2.05) is 13.0 Å². The summed E-state index contributed by atoms with van der Waals surface area (Å²) in [7, 11) is 0. The van der Waals surface area contributed by atoms with Gasteiger partial charge in [0.05, 0.1) is 0 Å². The molecule has 2 amide bonds. The first-order chi connectivity index (χ1) is 11.1. The van der Waals surface area contributed by atoms with E-state index in [1.54, 1.807) is 11.0 Å². The van der Waals surface area contributed by atoms with Crippen LogP contribution in [0.2, 0.25) is 0 Å². The van der Waals surface area contributed by atoms with Gasteiger partial charge in [0.15, 0.2) is 0 Å². The lowest BCUT2D eigenvalue weighted by atomic mass is 10.1. The SMILES string of the molecule is CCN(Cc1cccc(F)c1)C(=O)NCCc1ccc(C)cc1. The molecule has 0 aliphatic rings. The molecule has 23 heavy (non-hydrogen) atoms. The molecule has 0 unspecified atom stereocenters. The standard InChI is InChI=1S/C19H23FN2O/c1-3-22(14-17-5-4-6-18(20)13-17)19(23)21-12-11-16-9-7-15(2)8-10-16/h4-10,13H,3,11-12,14H2,1-2H3,(H,21,23). The Kier molecular flexibility index (Phi) is 6.15. The van der Waals surface area contributed by atoms with Gasteiger partial charge in [-0.05, 0) is 43.5 Å². The molecule has 2 rings (SSSR count). The van der Waals surface area contributed by atoms with Gasteiger partial charge in [0, 0.05) is 19.6 Å². The lowest BCUT2D eigenvalue weighted by Gasteiger charge is -2.21. The van der Waals surface area contributed by atoms with Gasteiger partial charge < -0.3 is 10.2 Å². The fourth-order valence-electron chi connectivity index (χ4n) is 2.36. The molecule has 0 saturated carbocycles. The van der Waals surface area contributed by atoms with Gasteiger partial charge in [-0.1, -0.05) is 42.0 Å². The molecule has 0 aliphatic heterocycles. The zero-order chi connectivity index (χ0) is 16.7. The highest BCUT2D eigenvalue weighted by atomic mass is 19.1. The van der Waals surface area contributed by atoms with Crippen molar-refractivity contribution in [3.8, 4) is 0 Å². The number of nitrogens with zero attached hydrogens (tertiary/aromatic N) is 1. The van der Waals surface area contributed by atoms with E-state index in [0.717, 1.165) is 12.0 Å². The fraction of sp³-hybridized carbons (Fsp3) is 0.316. The van der Waals surface area contributed by atoms with Gasteiger partial charge in [-0.3, -0.25) is 0 Å². The Morgan fingerprint density at radius 1 is 1.13 bits per heavy atom. The van der Waals surface area contributed by atoms with Gasteiger partial charge in [0.1, 0.15) is 5.82 Å². The molecule has 4 heteroatoms. The maximum absolute atomic E-state index is 13.2. The van der Waals surface area contributed by atoms with Gasteiger partial charge in [-0.25, -0.2) is 9.18 Å². The van der Waals surface area contributed by atoms with Crippen molar-refractivity contribution in [1.29, 1.82) is 0 Å². The molecule has 0 heterocycles. The van der Waals surface area contributed by atoms with Crippen molar-refractivity contribution in [2.45, 2.75) is 26.8 Å². The molecular formula is C19H23FN2O. The van der Waals surface area contributed by atoms with Crippen molar-refractivity contribution in [2.24, 2.45) is 0 Å². The number of halogens is 1. The number of carbonyl (C=O) groups excluding carboxylic acids is 1. The summed E-state index contributed by atoms with van der Waals surface area (Å²) in [5, 5.41) is 2.92. The average Bonchev–Trinajstić information content (AvgIpc) is 2.54. The van der Waals surface area contributed by atoms with E-state index >= 15 is 0 Å². The Morgan fingerprint density at radius 2 is 1.87 bits per heavy atom. The minimum Gasteiger partial charge on any atom is -0.338 e. The molecule has 1 N–H and O–H groups in total. The third-order valence-electron chi connectivity index (χ3n) is 3.74. The molecular weight excluding hydrogens is 291 g/mol. The van der Waals surface area contributed by atoms with Crippen LogP contribution in [0, 0.1) is 12.7 Å². The molecule has 3 nitrogen and oxygen atoms in total. The number of urea groups is 1. The normalized spacial score (nSPS) is 10.4. The first-order valence-electron chi connectivity index (χ1n) is 7.91. The van der Waals surface area contributed by atoms with Crippen LogP contribution in [-0.4, -0.2) is 24.0 Å². The van der Waals surface area contributed by atoms with Crippen molar-refractivity contribution in [3.05, 3.63) is 71.0 Å². The summed E-state index contributed by atoms with van der Waals surface area (Å²) in [5.41, 5.74) is 3.22. The van der Waals surface area contributed by atoms with Gasteiger partial charge in [0.2, 0.25) is 0 Å². The molecule has 0 spiro atoms. The van der Waals surface area contributed by atoms with Crippen LogP contribution in [0.1, 0.15) is 23.6 Å². The van der Waals surface area contributed by atoms with E-state index in [2.05, 4.69) is 36.5 Å². The van der Waals surface area contributed by atoms with E-state index in [-0.39, 0.29) is 11.8 Å². The predicted molar refractivity (Wildman–Crippen MR) is 90.8 cm³/mol. The maximum Gasteiger partial charge on any atom is 0.317 e.